The number of carbonyl (C=O) groups excluding carboxylic acids is 2. The SMILES string of the molecule is CCCCCCC(CCCCCC)COCCN1C(=O)C(c2cc3sc4c5sc(C)cc5sc4c3s2)=C2C1=C(C)C(=O)N2CCOCC(CCCCCC)CCCCCC. The van der Waals surface area contributed by atoms with Crippen molar-refractivity contribution >= 4 is 90.9 Å². The van der Waals surface area contributed by atoms with Gasteiger partial charge in [0.05, 0.1) is 49.0 Å². The molecule has 2 aliphatic heterocycles. The van der Waals surface area contributed by atoms with E-state index in [1.54, 1.807) is 11.3 Å². The first-order valence-electron chi connectivity index (χ1n) is 23.9. The molecule has 4 aromatic heterocycles. The average Bonchev–Trinajstić information content (AvgIpc) is 4.06. The molecular weight excluding hydrogens is 821 g/mol. The number of ether oxygens (including phenoxy) is 2. The fourth-order valence-corrected chi connectivity index (χ4v) is 14.8. The Morgan fingerprint density at radius 2 is 0.967 bits per heavy atom. The third-order valence-electron chi connectivity index (χ3n) is 12.7. The van der Waals surface area contributed by atoms with Gasteiger partial charge < -0.3 is 19.3 Å². The van der Waals surface area contributed by atoms with Crippen molar-refractivity contribution in [2.75, 3.05) is 39.5 Å². The van der Waals surface area contributed by atoms with Gasteiger partial charge in [-0.2, -0.15) is 0 Å². The first kappa shape index (κ1) is 47.4. The summed E-state index contributed by atoms with van der Waals surface area (Å²) in [5.74, 6) is 1.09. The minimum absolute atomic E-state index is 0.00999. The van der Waals surface area contributed by atoms with Crippen molar-refractivity contribution < 1.29 is 19.1 Å². The monoisotopic (exact) mass is 894 g/mol. The van der Waals surface area contributed by atoms with Gasteiger partial charge >= 0.3 is 0 Å². The average molecular weight is 895 g/mol. The van der Waals surface area contributed by atoms with E-state index < -0.39 is 0 Å². The van der Waals surface area contributed by atoms with E-state index >= 15 is 0 Å². The highest BCUT2D eigenvalue weighted by Gasteiger charge is 2.47. The van der Waals surface area contributed by atoms with Gasteiger partial charge in [0.2, 0.25) is 0 Å². The fraction of sp³-hybridized carbons (Fsp3) is 0.680. The van der Waals surface area contributed by atoms with E-state index in [0.29, 0.717) is 49.3 Å². The highest BCUT2D eigenvalue weighted by molar-refractivity contribution is 7.44. The first-order valence-corrected chi connectivity index (χ1v) is 27.2. The number of rotatable bonds is 31. The van der Waals surface area contributed by atoms with Crippen LogP contribution in [0.25, 0.3) is 33.8 Å². The van der Waals surface area contributed by atoms with Gasteiger partial charge in [-0.25, -0.2) is 0 Å². The van der Waals surface area contributed by atoms with Crippen molar-refractivity contribution in [2.45, 2.75) is 170 Å². The number of aryl methyl sites for hydroxylation is 1. The van der Waals surface area contributed by atoms with Crippen molar-refractivity contribution in [3.05, 3.63) is 38.9 Å². The van der Waals surface area contributed by atoms with Crippen LogP contribution in [-0.4, -0.2) is 61.1 Å². The molecular formula is C50H74N2O4S4. The highest BCUT2D eigenvalue weighted by atomic mass is 32.1. The number of thiophene rings is 4. The molecule has 4 aromatic rings. The zero-order chi connectivity index (χ0) is 42.4. The summed E-state index contributed by atoms with van der Waals surface area (Å²) in [6.07, 6.45) is 25.2. The van der Waals surface area contributed by atoms with Crippen LogP contribution in [0.4, 0.5) is 0 Å². The number of unbranched alkanes of at least 4 members (excludes halogenated alkanes) is 12. The van der Waals surface area contributed by atoms with Gasteiger partial charge in [-0.3, -0.25) is 9.59 Å². The maximum absolute atomic E-state index is 14.8. The van der Waals surface area contributed by atoms with E-state index in [4.69, 9.17) is 9.47 Å². The number of hydrogen-bond donors (Lipinski definition) is 0. The summed E-state index contributed by atoms with van der Waals surface area (Å²) in [4.78, 5) is 35.0. The van der Waals surface area contributed by atoms with Gasteiger partial charge in [0.1, 0.15) is 0 Å². The summed E-state index contributed by atoms with van der Waals surface area (Å²) in [7, 11) is 0. The third kappa shape index (κ3) is 11.7. The predicted molar refractivity (Wildman–Crippen MR) is 262 cm³/mol. The lowest BCUT2D eigenvalue weighted by atomic mass is 9.95. The van der Waals surface area contributed by atoms with E-state index in [9.17, 15) is 9.59 Å². The molecule has 0 saturated heterocycles. The van der Waals surface area contributed by atoms with Gasteiger partial charge in [0.15, 0.2) is 0 Å². The molecule has 0 aromatic carbocycles. The molecule has 0 bridgehead atoms. The topological polar surface area (TPSA) is 59.1 Å². The van der Waals surface area contributed by atoms with Crippen LogP contribution in [0.15, 0.2) is 29.1 Å². The zero-order valence-electron chi connectivity index (χ0n) is 37.9. The van der Waals surface area contributed by atoms with Crippen LogP contribution in [0.5, 0.6) is 0 Å². The Bertz CT molecular complexity index is 2020. The zero-order valence-corrected chi connectivity index (χ0v) is 41.1. The summed E-state index contributed by atoms with van der Waals surface area (Å²) in [5.41, 5.74) is 2.87. The molecule has 2 aliphatic rings. The van der Waals surface area contributed by atoms with Crippen LogP contribution in [0.1, 0.15) is 173 Å². The fourth-order valence-electron chi connectivity index (χ4n) is 9.22. The second-order valence-corrected chi connectivity index (χ2v) is 22.0. The Morgan fingerprint density at radius 3 is 1.45 bits per heavy atom. The molecule has 2 amide bonds. The molecule has 0 atom stereocenters. The summed E-state index contributed by atoms with van der Waals surface area (Å²) in [5, 5.41) is 0. The van der Waals surface area contributed by atoms with E-state index in [0.717, 1.165) is 29.5 Å². The summed E-state index contributed by atoms with van der Waals surface area (Å²) < 4.78 is 20.8. The van der Waals surface area contributed by atoms with Crippen molar-refractivity contribution in [3.8, 4) is 0 Å². The molecule has 0 radical (unpaired) electrons. The van der Waals surface area contributed by atoms with E-state index in [1.165, 1.54) is 161 Å². The minimum Gasteiger partial charge on any atom is -0.379 e. The summed E-state index contributed by atoms with van der Waals surface area (Å²) >= 11 is 7.31. The minimum atomic E-state index is -0.0101. The van der Waals surface area contributed by atoms with Gasteiger partial charge in [0, 0.05) is 51.0 Å². The molecule has 6 nitrogen and oxygen atoms in total. The smallest absolute Gasteiger partial charge is 0.262 e. The molecule has 6 rings (SSSR count). The van der Waals surface area contributed by atoms with Crippen LogP contribution >= 0.6 is 45.3 Å². The van der Waals surface area contributed by atoms with E-state index in [2.05, 4.69) is 46.8 Å². The van der Waals surface area contributed by atoms with Crippen LogP contribution in [0, 0.1) is 18.8 Å². The number of nitrogens with zero attached hydrogens (tertiary/aromatic N) is 2. The Labute approximate surface area is 377 Å². The van der Waals surface area contributed by atoms with Crippen LogP contribution < -0.4 is 0 Å². The largest absolute Gasteiger partial charge is 0.379 e. The number of fused-ring (bicyclic) bond motifs is 6. The van der Waals surface area contributed by atoms with Crippen LogP contribution in [0.3, 0.4) is 0 Å². The Kier molecular flexibility index (Phi) is 19.0. The molecule has 60 heavy (non-hydrogen) atoms. The van der Waals surface area contributed by atoms with Crippen molar-refractivity contribution in [2.24, 2.45) is 11.8 Å². The highest BCUT2D eigenvalue weighted by Crippen LogP contribution is 2.52. The van der Waals surface area contributed by atoms with Crippen LogP contribution in [0.2, 0.25) is 0 Å². The third-order valence-corrected chi connectivity index (χ3v) is 17.9. The molecule has 6 heterocycles. The van der Waals surface area contributed by atoms with Gasteiger partial charge in [-0.05, 0) is 63.5 Å². The lowest BCUT2D eigenvalue weighted by Crippen LogP contribution is -2.31. The lowest BCUT2D eigenvalue weighted by molar-refractivity contribution is -0.124. The van der Waals surface area contributed by atoms with Gasteiger partial charge in [-0.1, -0.05) is 130 Å². The Balaban J connectivity index is 1.19. The maximum atomic E-state index is 14.8. The second-order valence-electron chi connectivity index (χ2n) is 17.6. The molecule has 0 aliphatic carbocycles. The first-order chi connectivity index (χ1) is 29.3. The van der Waals surface area contributed by atoms with Crippen molar-refractivity contribution in [1.82, 2.24) is 9.80 Å². The second kappa shape index (κ2) is 24.1. The molecule has 10 heteroatoms. The number of carbonyl (C=O) groups is 2. The van der Waals surface area contributed by atoms with E-state index in [1.807, 2.05) is 50.7 Å². The molecule has 0 saturated carbocycles. The quantitative estimate of drug-likeness (QED) is 0.0472. The number of amides is 2. The van der Waals surface area contributed by atoms with E-state index in [-0.39, 0.29) is 11.8 Å². The number of hydrogen-bond acceptors (Lipinski definition) is 8. The Morgan fingerprint density at radius 1 is 0.517 bits per heavy atom. The molecule has 0 fully saturated rings. The lowest BCUT2D eigenvalue weighted by Gasteiger charge is -2.22. The molecule has 0 unspecified atom stereocenters. The van der Waals surface area contributed by atoms with Crippen molar-refractivity contribution in [3.63, 3.8) is 0 Å². The predicted octanol–water partition coefficient (Wildman–Crippen LogP) is 15.5. The molecule has 332 valence electrons. The normalized spacial score (nSPS) is 14.9. The standard InChI is InChI=1S/C50H74N2O4S4/c1-7-11-15-19-23-37(24-20-16-12-8-2)33-55-29-27-51-43-36(6)49(53)52(28-30-56-34-38(25-21-17-13-9-3)26-22-18-14-10-4)44(43)42(50(51)54)39-32-41-46(58-39)48-47(60-41)45-40(59-48)31-35(5)57-45/h31-32,37-38H,7-30,33-34H2,1-6H3. The molecule has 0 N–H and O–H groups in total. The maximum Gasteiger partial charge on any atom is 0.262 e. The summed E-state index contributed by atoms with van der Waals surface area (Å²) in [6, 6.07) is 4.52. The summed E-state index contributed by atoms with van der Waals surface area (Å²) in [6.45, 7) is 16.5. The van der Waals surface area contributed by atoms with Crippen molar-refractivity contribution in [1.29, 1.82) is 0 Å². The van der Waals surface area contributed by atoms with Gasteiger partial charge in [0.25, 0.3) is 11.8 Å². The van der Waals surface area contributed by atoms with Gasteiger partial charge in [-0.15, -0.1) is 45.3 Å². The molecule has 0 spiro atoms. The van der Waals surface area contributed by atoms with Crippen LogP contribution in [-0.2, 0) is 19.1 Å². The Hall–Kier alpha value is -2.08.